The first kappa shape index (κ1) is 24.5. The number of aryl methyl sites for hydroxylation is 1. The van der Waals surface area contributed by atoms with Crippen LogP contribution >= 0.6 is 0 Å². The molecule has 0 aliphatic heterocycles. The summed E-state index contributed by atoms with van der Waals surface area (Å²) in [5.41, 5.74) is 2.02. The van der Waals surface area contributed by atoms with E-state index in [0.717, 1.165) is 0 Å². The zero-order valence-electron chi connectivity index (χ0n) is 18.9. The lowest BCUT2D eigenvalue weighted by atomic mass is 10.2. The minimum Gasteiger partial charge on any atom is -0.495 e. The fraction of sp³-hybridized carbons (Fsp3) is 0.174. The fourth-order valence-electron chi connectivity index (χ4n) is 3.01. The van der Waals surface area contributed by atoms with Crippen molar-refractivity contribution < 1.29 is 32.0 Å². The fourth-order valence-corrected chi connectivity index (χ4v) is 4.27. The number of amides is 1. The molecule has 0 aliphatic carbocycles. The van der Waals surface area contributed by atoms with Crippen LogP contribution in [0.3, 0.4) is 0 Å². The van der Waals surface area contributed by atoms with Crippen molar-refractivity contribution >= 4 is 45.4 Å². The van der Waals surface area contributed by atoms with Gasteiger partial charge in [0.2, 0.25) is 5.91 Å². The summed E-state index contributed by atoms with van der Waals surface area (Å²) in [5, 5.41) is 6.49. The molecule has 0 saturated heterocycles. The van der Waals surface area contributed by atoms with Gasteiger partial charge in [-0.05, 0) is 55.0 Å². The molecule has 10 nitrogen and oxygen atoms in total. The third-order valence-corrected chi connectivity index (χ3v) is 6.06. The highest BCUT2D eigenvalue weighted by atomic mass is 32.2. The molecule has 3 aromatic rings. The first-order chi connectivity index (χ1) is 16.1. The predicted molar refractivity (Wildman–Crippen MR) is 126 cm³/mol. The molecule has 178 valence electrons. The number of anilines is 2. The van der Waals surface area contributed by atoms with Gasteiger partial charge in [0.25, 0.3) is 10.0 Å². The van der Waals surface area contributed by atoms with E-state index in [1.165, 1.54) is 57.5 Å². The van der Waals surface area contributed by atoms with Crippen molar-refractivity contribution in [2.75, 3.05) is 24.3 Å². The summed E-state index contributed by atoms with van der Waals surface area (Å²) in [6, 6.07) is 10.4. The number of hydrogen-bond acceptors (Lipinski definition) is 8. The third kappa shape index (κ3) is 5.62. The Morgan fingerprint density at radius 1 is 1.06 bits per heavy atom. The van der Waals surface area contributed by atoms with Gasteiger partial charge >= 0.3 is 5.97 Å². The van der Waals surface area contributed by atoms with E-state index in [4.69, 9.17) is 9.26 Å². The average molecular weight is 486 g/mol. The molecule has 34 heavy (non-hydrogen) atoms. The van der Waals surface area contributed by atoms with Gasteiger partial charge in [0.15, 0.2) is 5.76 Å². The molecule has 1 aromatic heterocycles. The number of hydrogen-bond donors (Lipinski definition) is 2. The van der Waals surface area contributed by atoms with Gasteiger partial charge in [-0.25, -0.2) is 13.2 Å². The van der Waals surface area contributed by atoms with E-state index >= 15 is 0 Å². The zero-order valence-corrected chi connectivity index (χ0v) is 19.7. The van der Waals surface area contributed by atoms with Crippen LogP contribution in [0.4, 0.5) is 11.4 Å². The van der Waals surface area contributed by atoms with Gasteiger partial charge in [0.05, 0.1) is 19.8 Å². The topological polar surface area (TPSA) is 137 Å². The zero-order chi connectivity index (χ0) is 24.9. The lowest BCUT2D eigenvalue weighted by molar-refractivity contribution is -0.114. The molecule has 0 atom stereocenters. The maximum Gasteiger partial charge on any atom is 0.337 e. The van der Waals surface area contributed by atoms with Gasteiger partial charge < -0.3 is 19.3 Å². The van der Waals surface area contributed by atoms with Crippen molar-refractivity contribution in [1.82, 2.24) is 5.16 Å². The van der Waals surface area contributed by atoms with Gasteiger partial charge in [-0.1, -0.05) is 17.3 Å². The lowest BCUT2D eigenvalue weighted by Gasteiger charge is -2.12. The maximum atomic E-state index is 13.1. The Morgan fingerprint density at radius 2 is 1.76 bits per heavy atom. The number of rotatable bonds is 8. The van der Waals surface area contributed by atoms with Gasteiger partial charge in [-0.3, -0.25) is 9.52 Å². The van der Waals surface area contributed by atoms with E-state index in [9.17, 15) is 18.0 Å². The van der Waals surface area contributed by atoms with Crippen LogP contribution in [0.2, 0.25) is 0 Å². The lowest BCUT2D eigenvalue weighted by Crippen LogP contribution is -2.14. The summed E-state index contributed by atoms with van der Waals surface area (Å²) in [6.07, 6.45) is 3.19. The van der Waals surface area contributed by atoms with Crippen molar-refractivity contribution in [3.05, 3.63) is 65.0 Å². The molecule has 0 saturated carbocycles. The molecule has 0 radical (unpaired) electrons. The minimum atomic E-state index is -4.04. The smallest absolute Gasteiger partial charge is 0.337 e. The number of carbonyl (C=O) groups is 2. The van der Waals surface area contributed by atoms with E-state index in [1.807, 2.05) is 0 Å². The van der Waals surface area contributed by atoms with Gasteiger partial charge in [-0.15, -0.1) is 0 Å². The molecule has 0 unspecified atom stereocenters. The maximum absolute atomic E-state index is 13.1. The highest BCUT2D eigenvalue weighted by molar-refractivity contribution is 7.92. The van der Waals surface area contributed by atoms with Gasteiger partial charge in [0, 0.05) is 12.6 Å². The molecule has 1 heterocycles. The number of aromatic nitrogens is 1. The SMILES string of the molecule is COC(=O)c1ccc(NS(=O)(=O)c2cc(/C=C\c3onc(C)c3NC(C)=O)ccc2OC)cc1. The Hall–Kier alpha value is -4.12. The molecule has 11 heteroatoms. The van der Waals surface area contributed by atoms with Crippen LogP contribution in [0.25, 0.3) is 12.2 Å². The van der Waals surface area contributed by atoms with Crippen LogP contribution in [-0.2, 0) is 19.6 Å². The first-order valence-electron chi connectivity index (χ1n) is 9.95. The first-order valence-corrected chi connectivity index (χ1v) is 11.4. The molecule has 3 rings (SSSR count). The molecule has 2 aromatic carbocycles. The van der Waals surface area contributed by atoms with E-state index in [1.54, 1.807) is 25.1 Å². The number of esters is 1. The van der Waals surface area contributed by atoms with Crippen LogP contribution in [0, 0.1) is 6.92 Å². The highest BCUT2D eigenvalue weighted by Crippen LogP contribution is 2.29. The molecule has 0 fully saturated rings. The average Bonchev–Trinajstić information content (AvgIpc) is 3.15. The van der Waals surface area contributed by atoms with Crippen molar-refractivity contribution in [3.8, 4) is 5.75 Å². The largest absolute Gasteiger partial charge is 0.495 e. The molecule has 2 N–H and O–H groups in total. The van der Waals surface area contributed by atoms with Crippen molar-refractivity contribution in [2.45, 2.75) is 18.7 Å². The normalized spacial score (nSPS) is 11.3. The highest BCUT2D eigenvalue weighted by Gasteiger charge is 2.21. The van der Waals surface area contributed by atoms with E-state index in [-0.39, 0.29) is 27.8 Å². The third-order valence-electron chi connectivity index (χ3n) is 4.65. The molecular formula is C23H23N3O7S. The predicted octanol–water partition coefficient (Wildman–Crippen LogP) is 3.71. The van der Waals surface area contributed by atoms with E-state index in [2.05, 4.69) is 19.9 Å². The van der Waals surface area contributed by atoms with Crippen LogP contribution in [-0.4, -0.2) is 39.7 Å². The standard InChI is InChI=1S/C23H23N3O7S/c1-14-22(24-15(2)27)20(33-25-14)12-6-16-5-11-19(31-3)21(13-16)34(29,30)26-18-9-7-17(8-10-18)23(28)32-4/h5-13,26H,1-4H3,(H,24,27)/b12-6-. The number of methoxy groups -OCH3 is 2. The quantitative estimate of drug-likeness (QED) is 0.461. The molecule has 0 bridgehead atoms. The summed E-state index contributed by atoms with van der Waals surface area (Å²) >= 11 is 0. The van der Waals surface area contributed by atoms with Crippen molar-refractivity contribution in [3.63, 3.8) is 0 Å². The minimum absolute atomic E-state index is 0.0926. The Kier molecular flexibility index (Phi) is 7.37. The van der Waals surface area contributed by atoms with E-state index < -0.39 is 16.0 Å². The molecular weight excluding hydrogens is 462 g/mol. The number of ether oxygens (including phenoxy) is 2. The van der Waals surface area contributed by atoms with Gasteiger partial charge in [-0.2, -0.15) is 0 Å². The van der Waals surface area contributed by atoms with E-state index in [0.29, 0.717) is 22.7 Å². The molecule has 0 spiro atoms. The van der Waals surface area contributed by atoms with Crippen LogP contribution in [0.1, 0.15) is 34.3 Å². The summed E-state index contributed by atoms with van der Waals surface area (Å²) in [7, 11) is -1.41. The summed E-state index contributed by atoms with van der Waals surface area (Å²) in [5.74, 6) is -0.342. The number of nitrogens with zero attached hydrogens (tertiary/aromatic N) is 1. The second-order valence-corrected chi connectivity index (χ2v) is 8.76. The van der Waals surface area contributed by atoms with Crippen molar-refractivity contribution in [1.29, 1.82) is 0 Å². The second-order valence-electron chi connectivity index (χ2n) is 7.11. The van der Waals surface area contributed by atoms with Gasteiger partial charge in [0.1, 0.15) is 22.0 Å². The monoisotopic (exact) mass is 485 g/mol. The number of nitrogens with one attached hydrogen (secondary N) is 2. The summed E-state index contributed by atoms with van der Waals surface area (Å²) in [6.45, 7) is 3.06. The molecule has 1 amide bonds. The number of carbonyl (C=O) groups excluding carboxylic acids is 2. The second kappa shape index (κ2) is 10.2. The Morgan fingerprint density at radius 3 is 2.38 bits per heavy atom. The number of benzene rings is 2. The van der Waals surface area contributed by atoms with Crippen LogP contribution in [0.15, 0.2) is 51.9 Å². The van der Waals surface area contributed by atoms with Crippen LogP contribution < -0.4 is 14.8 Å². The number of sulfonamides is 1. The van der Waals surface area contributed by atoms with Crippen LogP contribution in [0.5, 0.6) is 5.75 Å². The Balaban J connectivity index is 1.90. The van der Waals surface area contributed by atoms with Crippen molar-refractivity contribution in [2.24, 2.45) is 0 Å². The summed E-state index contributed by atoms with van der Waals surface area (Å²) < 4.78 is 43.7. The molecule has 0 aliphatic rings. The summed E-state index contributed by atoms with van der Waals surface area (Å²) in [4.78, 5) is 22.9. The Bertz CT molecular complexity index is 1340. The Labute approximate surface area is 196 Å².